The first-order chi connectivity index (χ1) is 15.5. The van der Waals surface area contributed by atoms with Gasteiger partial charge in [-0.05, 0) is 50.1 Å². The van der Waals surface area contributed by atoms with Gasteiger partial charge < -0.3 is 10.2 Å². The molecule has 0 aliphatic rings. The second-order valence-electron chi connectivity index (χ2n) is 8.08. The molecule has 0 bridgehead atoms. The molecule has 0 fully saturated rings. The fourth-order valence-corrected chi connectivity index (χ4v) is 4.46. The van der Waals surface area contributed by atoms with Crippen LogP contribution in [0.2, 0.25) is 0 Å². The van der Waals surface area contributed by atoms with Gasteiger partial charge in [-0.25, -0.2) is 8.42 Å². The van der Waals surface area contributed by atoms with Crippen molar-refractivity contribution in [3.8, 4) is 0 Å². The van der Waals surface area contributed by atoms with E-state index >= 15 is 0 Å². The number of aryl methyl sites for hydroxylation is 1. The lowest BCUT2D eigenvalue weighted by Gasteiger charge is -2.31. The zero-order chi connectivity index (χ0) is 24.6. The number of nitrogens with zero attached hydrogens (tertiary/aromatic N) is 2. The molecule has 0 aliphatic carbocycles. The Morgan fingerprint density at radius 2 is 1.79 bits per heavy atom. The summed E-state index contributed by atoms with van der Waals surface area (Å²) in [4.78, 5) is 27.6. The van der Waals surface area contributed by atoms with Gasteiger partial charge in [0.25, 0.3) is 0 Å². The summed E-state index contributed by atoms with van der Waals surface area (Å²) in [5, 5.41) is 2.87. The van der Waals surface area contributed by atoms with E-state index in [2.05, 4.69) is 21.2 Å². The Labute approximate surface area is 205 Å². The number of halogens is 1. The highest BCUT2D eigenvalue weighted by Gasteiger charge is 2.30. The lowest BCUT2D eigenvalue weighted by atomic mass is 10.1. The van der Waals surface area contributed by atoms with Crippen molar-refractivity contribution >= 4 is 43.5 Å². The third-order valence-corrected chi connectivity index (χ3v) is 6.90. The van der Waals surface area contributed by atoms with Gasteiger partial charge in [0.1, 0.15) is 12.6 Å². The summed E-state index contributed by atoms with van der Waals surface area (Å²) < 4.78 is 26.9. The number of unbranched alkanes of at least 4 members (excludes halogenated alkanes) is 1. The van der Waals surface area contributed by atoms with Crippen molar-refractivity contribution in [2.75, 3.05) is 23.7 Å². The largest absolute Gasteiger partial charge is 0.354 e. The van der Waals surface area contributed by atoms with Crippen molar-refractivity contribution in [2.24, 2.45) is 0 Å². The molecule has 0 unspecified atom stereocenters. The lowest BCUT2D eigenvalue weighted by Crippen LogP contribution is -2.51. The number of nitrogens with one attached hydrogen (secondary N) is 1. The maximum atomic E-state index is 13.4. The number of benzene rings is 2. The minimum absolute atomic E-state index is 0.195. The Morgan fingerprint density at radius 3 is 2.36 bits per heavy atom. The van der Waals surface area contributed by atoms with Crippen LogP contribution >= 0.6 is 15.9 Å². The summed E-state index contributed by atoms with van der Waals surface area (Å²) in [5.41, 5.74) is 2.28. The molecule has 2 aromatic carbocycles. The standard InChI is InChI=1S/C24H32BrN3O4S/c1-5-6-14-26-24(30)19(3)27(16-20-9-7-8-18(2)15-20)23(29)17-28(33(4,31)32)22-12-10-21(25)11-13-22/h7-13,15,19H,5-6,14,16-17H2,1-4H3,(H,26,30)/t19-/m0/s1. The van der Waals surface area contributed by atoms with E-state index in [9.17, 15) is 18.0 Å². The van der Waals surface area contributed by atoms with E-state index < -0.39 is 28.5 Å². The summed E-state index contributed by atoms with van der Waals surface area (Å²) in [6.45, 7) is 5.97. The summed E-state index contributed by atoms with van der Waals surface area (Å²) >= 11 is 3.34. The predicted octanol–water partition coefficient (Wildman–Crippen LogP) is 3.86. The van der Waals surface area contributed by atoms with E-state index in [1.54, 1.807) is 31.2 Å². The third-order valence-electron chi connectivity index (χ3n) is 5.23. The first kappa shape index (κ1) is 26.9. The Bertz CT molecular complexity index is 1060. The smallest absolute Gasteiger partial charge is 0.244 e. The molecular formula is C24H32BrN3O4S. The second kappa shape index (κ2) is 12.2. The zero-order valence-corrected chi connectivity index (χ0v) is 21.9. The molecule has 2 aromatic rings. The van der Waals surface area contributed by atoms with Crippen molar-refractivity contribution in [2.45, 2.75) is 46.2 Å². The molecule has 0 spiro atoms. The number of carbonyl (C=O) groups excluding carboxylic acids is 2. The van der Waals surface area contributed by atoms with Crippen LogP contribution in [0.15, 0.2) is 53.0 Å². The average molecular weight is 539 g/mol. The molecule has 2 rings (SSSR count). The molecule has 0 heterocycles. The van der Waals surface area contributed by atoms with Crippen molar-refractivity contribution < 1.29 is 18.0 Å². The number of sulfonamides is 1. The van der Waals surface area contributed by atoms with Crippen LogP contribution in [0.3, 0.4) is 0 Å². The summed E-state index contributed by atoms with van der Waals surface area (Å²) in [7, 11) is -3.73. The molecule has 1 N–H and O–H groups in total. The van der Waals surface area contributed by atoms with E-state index in [0.717, 1.165) is 39.0 Å². The van der Waals surface area contributed by atoms with Crippen molar-refractivity contribution in [1.29, 1.82) is 0 Å². The molecule has 0 saturated carbocycles. The molecule has 0 aromatic heterocycles. The number of anilines is 1. The molecule has 0 saturated heterocycles. The maximum Gasteiger partial charge on any atom is 0.244 e. The Kier molecular flexibility index (Phi) is 9.91. The molecule has 180 valence electrons. The Morgan fingerprint density at radius 1 is 1.12 bits per heavy atom. The summed E-state index contributed by atoms with van der Waals surface area (Å²) in [6.07, 6.45) is 2.85. The van der Waals surface area contributed by atoms with Crippen LogP contribution in [-0.4, -0.2) is 50.5 Å². The van der Waals surface area contributed by atoms with Gasteiger partial charge in [-0.1, -0.05) is 59.1 Å². The monoisotopic (exact) mass is 537 g/mol. The van der Waals surface area contributed by atoms with E-state index in [0.29, 0.717) is 12.2 Å². The van der Waals surface area contributed by atoms with Crippen LogP contribution in [0.4, 0.5) is 5.69 Å². The molecular weight excluding hydrogens is 506 g/mol. The van der Waals surface area contributed by atoms with Gasteiger partial charge >= 0.3 is 0 Å². The highest BCUT2D eigenvalue weighted by atomic mass is 79.9. The highest BCUT2D eigenvalue weighted by molar-refractivity contribution is 9.10. The Balaban J connectivity index is 2.33. The molecule has 0 aliphatic heterocycles. The van der Waals surface area contributed by atoms with Gasteiger partial charge in [0, 0.05) is 17.6 Å². The minimum atomic E-state index is -3.73. The first-order valence-corrected chi connectivity index (χ1v) is 13.5. The van der Waals surface area contributed by atoms with Gasteiger partial charge in [-0.3, -0.25) is 13.9 Å². The molecule has 33 heavy (non-hydrogen) atoms. The first-order valence-electron chi connectivity index (χ1n) is 10.9. The minimum Gasteiger partial charge on any atom is -0.354 e. The van der Waals surface area contributed by atoms with Crippen LogP contribution in [-0.2, 0) is 26.2 Å². The average Bonchev–Trinajstić information content (AvgIpc) is 2.75. The van der Waals surface area contributed by atoms with E-state index in [1.807, 2.05) is 38.1 Å². The number of carbonyl (C=O) groups is 2. The Hall–Kier alpha value is -2.39. The molecule has 0 radical (unpaired) electrons. The van der Waals surface area contributed by atoms with Gasteiger partial charge in [0.05, 0.1) is 11.9 Å². The summed E-state index contributed by atoms with van der Waals surface area (Å²) in [6, 6.07) is 13.6. The zero-order valence-electron chi connectivity index (χ0n) is 19.5. The normalized spacial score (nSPS) is 12.2. The SMILES string of the molecule is CCCCNC(=O)[C@H](C)N(Cc1cccc(C)c1)C(=O)CN(c1ccc(Br)cc1)S(C)(=O)=O. The fourth-order valence-electron chi connectivity index (χ4n) is 3.35. The molecule has 7 nitrogen and oxygen atoms in total. The topological polar surface area (TPSA) is 86.8 Å². The van der Waals surface area contributed by atoms with E-state index in [-0.39, 0.29) is 12.5 Å². The number of amides is 2. The molecule has 9 heteroatoms. The van der Waals surface area contributed by atoms with Gasteiger partial charge in [0.2, 0.25) is 21.8 Å². The van der Waals surface area contributed by atoms with Gasteiger partial charge in [-0.2, -0.15) is 0 Å². The lowest BCUT2D eigenvalue weighted by molar-refractivity contribution is -0.139. The predicted molar refractivity (Wildman–Crippen MR) is 135 cm³/mol. The number of hydrogen-bond donors (Lipinski definition) is 1. The third kappa shape index (κ3) is 8.16. The van der Waals surface area contributed by atoms with Crippen LogP contribution in [0, 0.1) is 6.92 Å². The second-order valence-corrected chi connectivity index (χ2v) is 10.9. The van der Waals surface area contributed by atoms with E-state index in [1.165, 1.54) is 4.90 Å². The molecule has 1 atom stereocenters. The van der Waals surface area contributed by atoms with Crippen molar-refractivity contribution in [3.63, 3.8) is 0 Å². The summed E-state index contributed by atoms with van der Waals surface area (Å²) in [5.74, 6) is -0.720. The highest BCUT2D eigenvalue weighted by Crippen LogP contribution is 2.21. The number of rotatable bonds is 11. The van der Waals surface area contributed by atoms with Crippen LogP contribution in [0.1, 0.15) is 37.8 Å². The van der Waals surface area contributed by atoms with Crippen molar-refractivity contribution in [1.82, 2.24) is 10.2 Å². The maximum absolute atomic E-state index is 13.4. The van der Waals surface area contributed by atoms with E-state index in [4.69, 9.17) is 0 Å². The van der Waals surface area contributed by atoms with Gasteiger partial charge in [0.15, 0.2) is 0 Å². The van der Waals surface area contributed by atoms with Crippen LogP contribution < -0.4 is 9.62 Å². The van der Waals surface area contributed by atoms with Crippen LogP contribution in [0.5, 0.6) is 0 Å². The molecule has 2 amide bonds. The van der Waals surface area contributed by atoms with Crippen LogP contribution in [0.25, 0.3) is 0 Å². The van der Waals surface area contributed by atoms with Gasteiger partial charge in [-0.15, -0.1) is 0 Å². The quantitative estimate of drug-likeness (QED) is 0.441. The fraction of sp³-hybridized carbons (Fsp3) is 0.417. The van der Waals surface area contributed by atoms with Crippen molar-refractivity contribution in [3.05, 3.63) is 64.1 Å². The number of hydrogen-bond acceptors (Lipinski definition) is 4.